The van der Waals surface area contributed by atoms with Crippen LogP contribution in [0.1, 0.15) is 10.4 Å². The third kappa shape index (κ3) is 2.78. The van der Waals surface area contributed by atoms with E-state index in [0.29, 0.717) is 10.4 Å². The molecule has 0 unspecified atom stereocenters. The second-order valence-corrected chi connectivity index (χ2v) is 5.43. The lowest BCUT2D eigenvalue weighted by Gasteiger charge is -2.11. The Kier molecular flexibility index (Phi) is 4.01. The fourth-order valence-corrected chi connectivity index (χ4v) is 2.69. The minimum atomic E-state index is -0.616. The van der Waals surface area contributed by atoms with Crippen molar-refractivity contribution in [3.8, 4) is 5.75 Å². The van der Waals surface area contributed by atoms with Crippen molar-refractivity contribution in [3.63, 3.8) is 0 Å². The molecule has 0 amide bonds. The Balaban J connectivity index is 2.03. The zero-order valence-corrected chi connectivity index (χ0v) is 12.7. The summed E-state index contributed by atoms with van der Waals surface area (Å²) in [7, 11) is 0. The van der Waals surface area contributed by atoms with Gasteiger partial charge in [-0.25, -0.2) is 9.18 Å². The highest BCUT2D eigenvalue weighted by atomic mass is 35.5. The number of ether oxygens (including phenoxy) is 1. The number of hydrogen-bond acceptors (Lipinski definition) is 2. The molecule has 0 saturated heterocycles. The van der Waals surface area contributed by atoms with Crippen LogP contribution in [0.25, 0.3) is 10.8 Å². The maximum absolute atomic E-state index is 12.9. The van der Waals surface area contributed by atoms with Gasteiger partial charge in [0.2, 0.25) is 0 Å². The minimum Gasteiger partial charge on any atom is -0.421 e. The van der Waals surface area contributed by atoms with E-state index in [0.717, 1.165) is 5.39 Å². The first kappa shape index (κ1) is 14.8. The van der Waals surface area contributed by atoms with Crippen LogP contribution in [0, 0.1) is 5.82 Å². The van der Waals surface area contributed by atoms with Crippen molar-refractivity contribution < 1.29 is 13.9 Å². The second-order valence-electron chi connectivity index (χ2n) is 4.61. The first-order valence-electron chi connectivity index (χ1n) is 6.41. The van der Waals surface area contributed by atoms with Crippen molar-refractivity contribution in [1.82, 2.24) is 0 Å². The Morgan fingerprint density at radius 1 is 0.909 bits per heavy atom. The summed E-state index contributed by atoms with van der Waals surface area (Å²) in [5.41, 5.74) is 0.233. The lowest BCUT2D eigenvalue weighted by Crippen LogP contribution is -2.09. The first-order valence-corrected chi connectivity index (χ1v) is 7.16. The summed E-state index contributed by atoms with van der Waals surface area (Å²) in [6.07, 6.45) is 0. The lowest BCUT2D eigenvalue weighted by atomic mass is 10.1. The van der Waals surface area contributed by atoms with Gasteiger partial charge in [0.05, 0.1) is 15.6 Å². The standard InChI is InChI=1S/C17H9Cl2FO2/c18-14-9-15(19)16(13-4-2-1-3-12(13)14)22-17(21)10-5-7-11(20)8-6-10/h1-9H. The summed E-state index contributed by atoms with van der Waals surface area (Å²) in [5, 5.41) is 2.08. The molecule has 0 aliphatic heterocycles. The first-order chi connectivity index (χ1) is 10.6. The fourth-order valence-electron chi connectivity index (χ4n) is 2.11. The van der Waals surface area contributed by atoms with E-state index in [1.165, 1.54) is 30.3 Å². The molecule has 0 saturated carbocycles. The van der Waals surface area contributed by atoms with Crippen molar-refractivity contribution >= 4 is 39.9 Å². The van der Waals surface area contributed by atoms with Gasteiger partial charge in [-0.2, -0.15) is 0 Å². The Hall–Kier alpha value is -2.10. The van der Waals surface area contributed by atoms with Gasteiger partial charge in [0.15, 0.2) is 5.75 Å². The molecule has 22 heavy (non-hydrogen) atoms. The second kappa shape index (κ2) is 5.95. The third-order valence-electron chi connectivity index (χ3n) is 3.17. The summed E-state index contributed by atoms with van der Waals surface area (Å²) < 4.78 is 18.3. The Morgan fingerprint density at radius 3 is 2.23 bits per heavy atom. The fraction of sp³-hybridized carbons (Fsp3) is 0. The highest BCUT2D eigenvalue weighted by Crippen LogP contribution is 2.38. The summed E-state index contributed by atoms with van der Waals surface area (Å²) in [6, 6.07) is 13.8. The maximum Gasteiger partial charge on any atom is 0.343 e. The summed E-state index contributed by atoms with van der Waals surface area (Å²) in [5.74, 6) is -0.808. The molecule has 0 bridgehead atoms. The highest BCUT2D eigenvalue weighted by Gasteiger charge is 2.16. The van der Waals surface area contributed by atoms with Gasteiger partial charge in [-0.05, 0) is 30.3 Å². The molecule has 0 aliphatic carbocycles. The molecule has 110 valence electrons. The normalized spacial score (nSPS) is 10.7. The SMILES string of the molecule is O=C(Oc1c(Cl)cc(Cl)c2ccccc12)c1ccc(F)cc1. The molecule has 0 atom stereocenters. The Bertz CT molecular complexity index is 860. The van der Waals surface area contributed by atoms with Gasteiger partial charge in [-0.15, -0.1) is 0 Å². The number of hydrogen-bond donors (Lipinski definition) is 0. The van der Waals surface area contributed by atoms with Crippen LogP contribution >= 0.6 is 23.2 Å². The predicted octanol–water partition coefficient (Wildman–Crippen LogP) is 5.50. The molecule has 3 aromatic carbocycles. The van der Waals surface area contributed by atoms with Gasteiger partial charge < -0.3 is 4.74 Å². The molecule has 0 heterocycles. The highest BCUT2D eigenvalue weighted by molar-refractivity contribution is 6.40. The monoisotopic (exact) mass is 334 g/mol. The molecule has 3 rings (SSSR count). The van der Waals surface area contributed by atoms with Gasteiger partial charge in [0.25, 0.3) is 0 Å². The van der Waals surface area contributed by atoms with Gasteiger partial charge in [-0.1, -0.05) is 47.5 Å². The van der Waals surface area contributed by atoms with Gasteiger partial charge in [0.1, 0.15) is 5.82 Å². The number of esters is 1. The molecule has 0 aliphatic rings. The lowest BCUT2D eigenvalue weighted by molar-refractivity contribution is 0.0737. The van der Waals surface area contributed by atoms with E-state index in [1.807, 2.05) is 12.1 Å². The zero-order chi connectivity index (χ0) is 15.7. The molecule has 0 spiro atoms. The molecule has 2 nitrogen and oxygen atoms in total. The molecule has 0 aromatic heterocycles. The van der Waals surface area contributed by atoms with E-state index < -0.39 is 11.8 Å². The van der Waals surface area contributed by atoms with Crippen molar-refractivity contribution in [1.29, 1.82) is 0 Å². The number of carbonyl (C=O) groups is 1. The van der Waals surface area contributed by atoms with E-state index in [9.17, 15) is 9.18 Å². The number of rotatable bonds is 2. The number of fused-ring (bicyclic) bond motifs is 1. The summed E-state index contributed by atoms with van der Waals surface area (Å²) >= 11 is 12.3. The van der Waals surface area contributed by atoms with Crippen molar-refractivity contribution in [2.45, 2.75) is 0 Å². The molecule has 0 N–H and O–H groups in total. The largest absolute Gasteiger partial charge is 0.421 e. The zero-order valence-electron chi connectivity index (χ0n) is 11.1. The van der Waals surface area contributed by atoms with Crippen LogP contribution in [-0.2, 0) is 0 Å². The van der Waals surface area contributed by atoms with Crippen molar-refractivity contribution in [3.05, 3.63) is 76.0 Å². The van der Waals surface area contributed by atoms with Crippen LogP contribution in [0.5, 0.6) is 5.75 Å². The van der Waals surface area contributed by atoms with E-state index >= 15 is 0 Å². The molecule has 0 radical (unpaired) electrons. The third-order valence-corrected chi connectivity index (χ3v) is 3.77. The molecule has 5 heteroatoms. The van der Waals surface area contributed by atoms with E-state index in [-0.39, 0.29) is 16.3 Å². The van der Waals surface area contributed by atoms with Gasteiger partial charge >= 0.3 is 5.97 Å². The van der Waals surface area contributed by atoms with Crippen LogP contribution in [0.15, 0.2) is 54.6 Å². The van der Waals surface area contributed by atoms with Crippen LogP contribution in [0.2, 0.25) is 10.0 Å². The average Bonchev–Trinajstić information content (AvgIpc) is 2.52. The Labute approximate surface area is 136 Å². The number of carbonyl (C=O) groups excluding carboxylic acids is 1. The van der Waals surface area contributed by atoms with E-state index in [4.69, 9.17) is 27.9 Å². The molecule has 3 aromatic rings. The van der Waals surface area contributed by atoms with Gasteiger partial charge in [0, 0.05) is 10.8 Å². The van der Waals surface area contributed by atoms with Gasteiger partial charge in [-0.3, -0.25) is 0 Å². The minimum absolute atomic E-state index is 0.232. The molecular weight excluding hydrogens is 326 g/mol. The van der Waals surface area contributed by atoms with Crippen molar-refractivity contribution in [2.24, 2.45) is 0 Å². The smallest absolute Gasteiger partial charge is 0.343 e. The predicted molar refractivity (Wildman–Crippen MR) is 85.3 cm³/mol. The quantitative estimate of drug-likeness (QED) is 0.456. The van der Waals surface area contributed by atoms with Crippen LogP contribution in [0.4, 0.5) is 4.39 Å². The van der Waals surface area contributed by atoms with Crippen molar-refractivity contribution in [2.75, 3.05) is 0 Å². The van der Waals surface area contributed by atoms with Crippen LogP contribution in [0.3, 0.4) is 0 Å². The maximum atomic E-state index is 12.9. The molecular formula is C17H9Cl2FO2. The van der Waals surface area contributed by atoms with E-state index in [1.54, 1.807) is 12.1 Å². The number of halogens is 3. The summed E-state index contributed by atoms with van der Waals surface area (Å²) in [6.45, 7) is 0. The topological polar surface area (TPSA) is 26.3 Å². The average molecular weight is 335 g/mol. The van der Waals surface area contributed by atoms with Crippen LogP contribution < -0.4 is 4.74 Å². The molecule has 0 fully saturated rings. The number of benzene rings is 3. The van der Waals surface area contributed by atoms with Crippen LogP contribution in [-0.4, -0.2) is 5.97 Å². The summed E-state index contributed by atoms with van der Waals surface area (Å²) in [4.78, 5) is 12.2. The van der Waals surface area contributed by atoms with E-state index in [2.05, 4.69) is 0 Å². The Morgan fingerprint density at radius 2 is 1.55 bits per heavy atom.